The first kappa shape index (κ1) is 16.6. The highest BCUT2D eigenvalue weighted by Gasteiger charge is 2.09. The van der Waals surface area contributed by atoms with E-state index in [0.717, 1.165) is 15.5 Å². The van der Waals surface area contributed by atoms with Gasteiger partial charge in [0, 0.05) is 52.5 Å². The van der Waals surface area contributed by atoms with Gasteiger partial charge in [-0.2, -0.15) is 0 Å². The first-order chi connectivity index (χ1) is 10.6. The summed E-state index contributed by atoms with van der Waals surface area (Å²) in [6.07, 6.45) is 3.41. The lowest BCUT2D eigenvalue weighted by molar-refractivity contribution is 0.240. The third kappa shape index (κ3) is 4.92. The topological polar surface area (TPSA) is 71.1 Å². The predicted octanol–water partition coefficient (Wildman–Crippen LogP) is 2.48. The maximum Gasteiger partial charge on any atom is 0.315 e. The van der Waals surface area contributed by atoms with Crippen molar-refractivity contribution in [2.45, 2.75) is 24.3 Å². The lowest BCUT2D eigenvalue weighted by Gasteiger charge is -2.11. The number of carbonyl (C=O) groups is 1. The summed E-state index contributed by atoms with van der Waals surface area (Å²) >= 11 is 1.59. The molecule has 0 spiro atoms. The van der Waals surface area contributed by atoms with Gasteiger partial charge >= 0.3 is 6.03 Å². The second-order valence-corrected chi connectivity index (χ2v) is 7.24. The van der Waals surface area contributed by atoms with E-state index < -0.39 is 10.8 Å². The van der Waals surface area contributed by atoms with Gasteiger partial charge in [0.15, 0.2) is 0 Å². The second kappa shape index (κ2) is 8.05. The lowest BCUT2D eigenvalue weighted by Crippen LogP contribution is -2.37. The average molecular weight is 337 g/mol. The van der Waals surface area contributed by atoms with Gasteiger partial charge in [0.1, 0.15) is 0 Å². The van der Waals surface area contributed by atoms with Crippen molar-refractivity contribution in [1.82, 2.24) is 15.6 Å². The Hall–Kier alpha value is -1.73. The highest BCUT2D eigenvalue weighted by atomic mass is 32.2. The Kier molecular flexibility index (Phi) is 6.09. The molecule has 0 aliphatic heterocycles. The first-order valence-corrected chi connectivity index (χ1v) is 9.33. The zero-order valence-electron chi connectivity index (χ0n) is 12.5. The van der Waals surface area contributed by atoms with Crippen LogP contribution in [0.5, 0.6) is 0 Å². The van der Waals surface area contributed by atoms with Gasteiger partial charge in [-0.1, -0.05) is 19.1 Å². The Bertz CT molecular complexity index is 627. The van der Waals surface area contributed by atoms with E-state index >= 15 is 0 Å². The number of nitrogens with zero attached hydrogens (tertiary/aromatic N) is 1. The minimum absolute atomic E-state index is 0.199. The minimum Gasteiger partial charge on any atom is -0.337 e. The molecule has 5 nitrogen and oxygen atoms in total. The number of benzene rings is 1. The van der Waals surface area contributed by atoms with Crippen LogP contribution in [0.25, 0.3) is 0 Å². The van der Waals surface area contributed by atoms with E-state index in [2.05, 4.69) is 15.6 Å². The van der Waals surface area contributed by atoms with E-state index in [1.807, 2.05) is 36.6 Å². The Morgan fingerprint density at radius 2 is 2.05 bits per heavy atom. The minimum atomic E-state index is -0.978. The van der Waals surface area contributed by atoms with E-state index in [1.54, 1.807) is 23.8 Å². The molecule has 1 aromatic carbocycles. The monoisotopic (exact) mass is 337 g/mol. The number of aromatic nitrogens is 1. The Morgan fingerprint density at radius 3 is 2.64 bits per heavy atom. The molecule has 22 heavy (non-hydrogen) atoms. The molecule has 2 unspecified atom stereocenters. The smallest absolute Gasteiger partial charge is 0.315 e. The molecule has 0 aliphatic rings. The van der Waals surface area contributed by atoms with Crippen molar-refractivity contribution < 1.29 is 9.00 Å². The van der Waals surface area contributed by atoms with E-state index in [-0.39, 0.29) is 11.9 Å². The molecule has 2 N–H and O–H groups in total. The maximum atomic E-state index is 11.8. The van der Waals surface area contributed by atoms with Gasteiger partial charge in [-0.15, -0.1) is 11.3 Å². The largest absolute Gasteiger partial charge is 0.337 e. The standard InChI is InChI=1S/C15H19N3O2S2/c1-11(14-16-7-8-21-14)9-17-15(19)18-10-12-3-5-13(6-4-12)22(2)20/h3-8,11H,9-10H2,1-2H3,(H2,17,18,19). The fraction of sp³-hybridized carbons (Fsp3) is 0.333. The van der Waals surface area contributed by atoms with Crippen molar-refractivity contribution in [2.24, 2.45) is 0 Å². The molecule has 0 saturated carbocycles. The van der Waals surface area contributed by atoms with E-state index in [1.165, 1.54) is 0 Å². The summed E-state index contributed by atoms with van der Waals surface area (Å²) in [5.41, 5.74) is 0.970. The highest BCUT2D eigenvalue weighted by Crippen LogP contribution is 2.16. The molecular formula is C15H19N3O2S2. The number of urea groups is 1. The van der Waals surface area contributed by atoms with Crippen LogP contribution in [0.3, 0.4) is 0 Å². The maximum absolute atomic E-state index is 11.8. The van der Waals surface area contributed by atoms with Crippen LogP contribution in [0.4, 0.5) is 4.79 Å². The number of amides is 2. The van der Waals surface area contributed by atoms with E-state index in [0.29, 0.717) is 13.1 Å². The summed E-state index contributed by atoms with van der Waals surface area (Å²) in [7, 11) is -0.978. The molecule has 1 heterocycles. The number of nitrogens with one attached hydrogen (secondary N) is 2. The number of rotatable bonds is 6. The van der Waals surface area contributed by atoms with Crippen LogP contribution >= 0.6 is 11.3 Å². The summed E-state index contributed by atoms with van der Waals surface area (Å²) in [6, 6.07) is 7.17. The summed E-state index contributed by atoms with van der Waals surface area (Å²) in [6.45, 7) is 3.02. The quantitative estimate of drug-likeness (QED) is 0.851. The summed E-state index contributed by atoms with van der Waals surface area (Å²) in [5, 5.41) is 8.59. The number of hydrogen-bond acceptors (Lipinski definition) is 4. The van der Waals surface area contributed by atoms with Crippen LogP contribution in [0, 0.1) is 0 Å². The summed E-state index contributed by atoms with van der Waals surface area (Å²) in [4.78, 5) is 16.8. The Labute approximate surface area is 136 Å². The van der Waals surface area contributed by atoms with Gasteiger partial charge in [-0.25, -0.2) is 9.78 Å². The third-order valence-corrected chi connectivity index (χ3v) is 5.09. The van der Waals surface area contributed by atoms with E-state index in [4.69, 9.17) is 0 Å². The third-order valence-electron chi connectivity index (χ3n) is 3.15. The fourth-order valence-corrected chi connectivity index (χ4v) is 3.07. The van der Waals surface area contributed by atoms with Crippen LogP contribution in [0.1, 0.15) is 23.4 Å². The second-order valence-electron chi connectivity index (χ2n) is 4.93. The number of carbonyl (C=O) groups excluding carboxylic acids is 1. The first-order valence-electron chi connectivity index (χ1n) is 6.89. The van der Waals surface area contributed by atoms with Crippen LogP contribution < -0.4 is 10.6 Å². The normalized spacial score (nSPS) is 13.4. The van der Waals surface area contributed by atoms with Crippen molar-refractivity contribution in [3.63, 3.8) is 0 Å². The van der Waals surface area contributed by atoms with Crippen molar-refractivity contribution >= 4 is 28.2 Å². The van der Waals surface area contributed by atoms with Crippen LogP contribution in [0.15, 0.2) is 40.7 Å². The van der Waals surface area contributed by atoms with Crippen molar-refractivity contribution in [3.8, 4) is 0 Å². The number of thiazole rings is 1. The molecule has 0 bridgehead atoms. The molecule has 0 radical (unpaired) electrons. The van der Waals surface area contributed by atoms with Gasteiger partial charge in [0.05, 0.1) is 5.01 Å². The summed E-state index contributed by atoms with van der Waals surface area (Å²) < 4.78 is 11.3. The van der Waals surface area contributed by atoms with Crippen molar-refractivity contribution in [2.75, 3.05) is 12.8 Å². The predicted molar refractivity (Wildman–Crippen MR) is 89.5 cm³/mol. The number of hydrogen-bond donors (Lipinski definition) is 2. The molecule has 2 rings (SSSR count). The van der Waals surface area contributed by atoms with Gasteiger partial charge in [0.2, 0.25) is 0 Å². The van der Waals surface area contributed by atoms with Gasteiger partial charge in [0.25, 0.3) is 0 Å². The fourth-order valence-electron chi connectivity index (χ4n) is 1.85. The molecular weight excluding hydrogens is 318 g/mol. The Morgan fingerprint density at radius 1 is 1.32 bits per heavy atom. The molecule has 0 fully saturated rings. The van der Waals surface area contributed by atoms with E-state index in [9.17, 15) is 9.00 Å². The molecule has 0 aliphatic carbocycles. The Balaban J connectivity index is 1.74. The van der Waals surface area contributed by atoms with Gasteiger partial charge in [-0.05, 0) is 17.7 Å². The zero-order valence-corrected chi connectivity index (χ0v) is 14.2. The average Bonchev–Trinajstić information content (AvgIpc) is 3.05. The highest BCUT2D eigenvalue weighted by molar-refractivity contribution is 7.84. The van der Waals surface area contributed by atoms with Gasteiger partial charge < -0.3 is 10.6 Å². The molecule has 1 aromatic heterocycles. The SMILES string of the molecule is CC(CNC(=O)NCc1ccc(S(C)=O)cc1)c1nccs1. The van der Waals surface area contributed by atoms with Crippen molar-refractivity contribution in [1.29, 1.82) is 0 Å². The molecule has 2 atom stereocenters. The molecule has 118 valence electrons. The van der Waals surface area contributed by atoms with Crippen LogP contribution in [0.2, 0.25) is 0 Å². The lowest BCUT2D eigenvalue weighted by atomic mass is 10.2. The zero-order chi connectivity index (χ0) is 15.9. The molecule has 0 saturated heterocycles. The van der Waals surface area contributed by atoms with Crippen molar-refractivity contribution in [3.05, 3.63) is 46.4 Å². The molecule has 2 aromatic rings. The van der Waals surface area contributed by atoms with Crippen LogP contribution in [-0.4, -0.2) is 28.0 Å². The summed E-state index contributed by atoms with van der Waals surface area (Å²) in [5.74, 6) is 0.199. The van der Waals surface area contributed by atoms with Gasteiger partial charge in [-0.3, -0.25) is 4.21 Å². The molecule has 2 amide bonds. The van der Waals surface area contributed by atoms with Crippen LogP contribution in [-0.2, 0) is 17.3 Å². The molecule has 7 heteroatoms.